The molecule has 1 saturated carbocycles. The second kappa shape index (κ2) is 4.46. The molecule has 0 spiro atoms. The van der Waals surface area contributed by atoms with Gasteiger partial charge in [-0.05, 0) is 19.3 Å². The van der Waals surface area contributed by atoms with Crippen LogP contribution in [0.5, 0.6) is 0 Å². The quantitative estimate of drug-likeness (QED) is 0.575. The summed E-state index contributed by atoms with van der Waals surface area (Å²) in [5.41, 5.74) is 2.56. The number of nitrogens with two attached hydrogens (primary N) is 1. The fourth-order valence-electron chi connectivity index (χ4n) is 2.79. The molecule has 0 radical (unpaired) electrons. The molecule has 2 atom stereocenters. The van der Waals surface area contributed by atoms with E-state index in [1.54, 1.807) is 6.33 Å². The molecule has 2 heterocycles. The highest BCUT2D eigenvalue weighted by molar-refractivity contribution is 5.49. The zero-order valence-corrected chi connectivity index (χ0v) is 9.67. The Morgan fingerprint density at radius 3 is 3.24 bits per heavy atom. The Hall–Kier alpha value is -1.40. The van der Waals surface area contributed by atoms with Crippen LogP contribution in [0.3, 0.4) is 0 Å². The van der Waals surface area contributed by atoms with E-state index in [1.807, 2.05) is 6.07 Å². The first-order valence-electron chi connectivity index (χ1n) is 6.05. The molecule has 0 amide bonds. The van der Waals surface area contributed by atoms with Crippen LogP contribution in [0.4, 0.5) is 11.6 Å². The van der Waals surface area contributed by atoms with Crippen LogP contribution >= 0.6 is 0 Å². The highest BCUT2D eigenvalue weighted by Crippen LogP contribution is 2.32. The van der Waals surface area contributed by atoms with Crippen molar-refractivity contribution in [1.29, 1.82) is 0 Å². The minimum Gasteiger partial charge on any atom is -0.374 e. The molecule has 1 aromatic rings. The molecule has 3 N–H and O–H groups in total. The summed E-state index contributed by atoms with van der Waals surface area (Å²) in [7, 11) is 0. The molecule has 17 heavy (non-hydrogen) atoms. The monoisotopic (exact) mass is 235 g/mol. The number of morpholine rings is 1. The van der Waals surface area contributed by atoms with Gasteiger partial charge in [0.2, 0.25) is 0 Å². The van der Waals surface area contributed by atoms with Crippen molar-refractivity contribution in [3.8, 4) is 0 Å². The maximum atomic E-state index is 5.78. The van der Waals surface area contributed by atoms with Crippen molar-refractivity contribution in [2.24, 2.45) is 5.84 Å². The van der Waals surface area contributed by atoms with E-state index in [1.165, 1.54) is 12.8 Å². The van der Waals surface area contributed by atoms with Crippen LogP contribution in [0.2, 0.25) is 0 Å². The number of fused-ring (bicyclic) bond motifs is 1. The van der Waals surface area contributed by atoms with E-state index in [0.29, 0.717) is 18.0 Å². The lowest BCUT2D eigenvalue weighted by Gasteiger charge is -2.38. The summed E-state index contributed by atoms with van der Waals surface area (Å²) in [5.74, 6) is 6.96. The molecule has 92 valence electrons. The van der Waals surface area contributed by atoms with Gasteiger partial charge in [0.1, 0.15) is 18.0 Å². The van der Waals surface area contributed by atoms with Gasteiger partial charge in [-0.25, -0.2) is 15.8 Å². The van der Waals surface area contributed by atoms with Gasteiger partial charge in [-0.15, -0.1) is 0 Å². The standard InChI is InChI=1S/C11H17N5O/c12-15-10-6-11(14-7-13-10)16-4-5-17-9-3-1-2-8(9)16/h6-9H,1-5,12H2,(H,13,14,15). The van der Waals surface area contributed by atoms with E-state index in [2.05, 4.69) is 20.3 Å². The first-order valence-corrected chi connectivity index (χ1v) is 6.05. The Kier molecular flexibility index (Phi) is 2.82. The van der Waals surface area contributed by atoms with E-state index in [9.17, 15) is 0 Å². The minimum atomic E-state index is 0.369. The van der Waals surface area contributed by atoms with Gasteiger partial charge >= 0.3 is 0 Å². The zero-order valence-electron chi connectivity index (χ0n) is 9.67. The summed E-state index contributed by atoms with van der Waals surface area (Å²) >= 11 is 0. The van der Waals surface area contributed by atoms with Crippen LogP contribution in [0, 0.1) is 0 Å². The van der Waals surface area contributed by atoms with Gasteiger partial charge in [-0.1, -0.05) is 0 Å². The van der Waals surface area contributed by atoms with Crippen LogP contribution in [-0.4, -0.2) is 35.3 Å². The zero-order chi connectivity index (χ0) is 11.7. The van der Waals surface area contributed by atoms with Crippen molar-refractivity contribution in [1.82, 2.24) is 9.97 Å². The maximum absolute atomic E-state index is 5.78. The highest BCUT2D eigenvalue weighted by Gasteiger charge is 2.36. The average molecular weight is 235 g/mol. The molecule has 6 nitrogen and oxygen atoms in total. The largest absolute Gasteiger partial charge is 0.374 e. The normalized spacial score (nSPS) is 27.9. The van der Waals surface area contributed by atoms with Crippen LogP contribution in [0.1, 0.15) is 19.3 Å². The molecule has 1 saturated heterocycles. The van der Waals surface area contributed by atoms with Crippen molar-refractivity contribution >= 4 is 11.6 Å². The van der Waals surface area contributed by atoms with Crippen molar-refractivity contribution < 1.29 is 4.74 Å². The summed E-state index contributed by atoms with van der Waals surface area (Å²) in [6.07, 6.45) is 5.49. The molecule has 2 unspecified atom stereocenters. The number of rotatable bonds is 2. The van der Waals surface area contributed by atoms with Crippen molar-refractivity contribution in [2.75, 3.05) is 23.5 Å². The number of anilines is 2. The molecule has 1 aromatic heterocycles. The molecule has 1 aliphatic carbocycles. The number of nitrogen functional groups attached to an aromatic ring is 1. The van der Waals surface area contributed by atoms with Crippen molar-refractivity contribution in [3.63, 3.8) is 0 Å². The summed E-state index contributed by atoms with van der Waals surface area (Å²) < 4.78 is 5.78. The summed E-state index contributed by atoms with van der Waals surface area (Å²) in [6, 6.07) is 2.35. The van der Waals surface area contributed by atoms with E-state index < -0.39 is 0 Å². The maximum Gasteiger partial charge on any atom is 0.145 e. The fourth-order valence-corrected chi connectivity index (χ4v) is 2.79. The highest BCUT2D eigenvalue weighted by atomic mass is 16.5. The number of hydrazine groups is 1. The Balaban J connectivity index is 1.86. The van der Waals surface area contributed by atoms with Crippen LogP contribution in [-0.2, 0) is 4.74 Å². The lowest BCUT2D eigenvalue weighted by molar-refractivity contribution is 0.0253. The SMILES string of the molecule is NNc1cc(N2CCOC3CCCC32)ncn1. The lowest BCUT2D eigenvalue weighted by atomic mass is 10.1. The van der Waals surface area contributed by atoms with Gasteiger partial charge in [0.25, 0.3) is 0 Å². The third kappa shape index (κ3) is 1.94. The fraction of sp³-hybridized carbons (Fsp3) is 0.636. The predicted molar refractivity (Wildman–Crippen MR) is 64.6 cm³/mol. The van der Waals surface area contributed by atoms with Crippen LogP contribution < -0.4 is 16.2 Å². The smallest absolute Gasteiger partial charge is 0.145 e. The van der Waals surface area contributed by atoms with E-state index >= 15 is 0 Å². The third-order valence-electron chi connectivity index (χ3n) is 3.58. The third-order valence-corrected chi connectivity index (χ3v) is 3.58. The first kappa shape index (κ1) is 10.7. The van der Waals surface area contributed by atoms with E-state index in [0.717, 1.165) is 25.4 Å². The number of aromatic nitrogens is 2. The Morgan fingerprint density at radius 1 is 1.41 bits per heavy atom. The number of ether oxygens (including phenoxy) is 1. The molecule has 6 heteroatoms. The molecule has 0 aromatic carbocycles. The van der Waals surface area contributed by atoms with Gasteiger partial charge in [0.05, 0.1) is 18.8 Å². The molecular weight excluding hydrogens is 218 g/mol. The van der Waals surface area contributed by atoms with Gasteiger partial charge in [0, 0.05) is 12.6 Å². The molecule has 2 aliphatic rings. The molecule has 0 bridgehead atoms. The second-order valence-electron chi connectivity index (χ2n) is 4.51. The minimum absolute atomic E-state index is 0.369. The van der Waals surface area contributed by atoms with E-state index in [-0.39, 0.29) is 0 Å². The van der Waals surface area contributed by atoms with Gasteiger partial charge in [-0.3, -0.25) is 0 Å². The topological polar surface area (TPSA) is 76.3 Å². The first-order chi connectivity index (χ1) is 8.38. The molecule has 1 aliphatic heterocycles. The summed E-state index contributed by atoms with van der Waals surface area (Å²) in [4.78, 5) is 10.7. The molecular formula is C11H17N5O. The Bertz CT molecular complexity index is 399. The Labute approximate surface area is 100 Å². The number of hydrogen-bond acceptors (Lipinski definition) is 6. The van der Waals surface area contributed by atoms with Crippen LogP contribution in [0.25, 0.3) is 0 Å². The molecule has 2 fully saturated rings. The predicted octanol–water partition coefficient (Wildman–Crippen LogP) is 0.520. The lowest BCUT2D eigenvalue weighted by Crippen LogP contribution is -2.49. The van der Waals surface area contributed by atoms with Crippen molar-refractivity contribution in [2.45, 2.75) is 31.4 Å². The Morgan fingerprint density at radius 2 is 2.35 bits per heavy atom. The average Bonchev–Trinajstić information content (AvgIpc) is 2.87. The summed E-state index contributed by atoms with van der Waals surface area (Å²) in [5, 5.41) is 0. The van der Waals surface area contributed by atoms with Gasteiger partial charge in [-0.2, -0.15) is 0 Å². The van der Waals surface area contributed by atoms with Gasteiger partial charge in [0.15, 0.2) is 0 Å². The second-order valence-corrected chi connectivity index (χ2v) is 4.51. The van der Waals surface area contributed by atoms with Gasteiger partial charge < -0.3 is 15.1 Å². The number of nitrogens with one attached hydrogen (secondary N) is 1. The van der Waals surface area contributed by atoms with Crippen molar-refractivity contribution in [3.05, 3.63) is 12.4 Å². The molecule has 3 rings (SSSR count). The summed E-state index contributed by atoms with van der Waals surface area (Å²) in [6.45, 7) is 1.67. The van der Waals surface area contributed by atoms with Crippen LogP contribution in [0.15, 0.2) is 12.4 Å². The number of nitrogens with zero attached hydrogens (tertiary/aromatic N) is 3. The van der Waals surface area contributed by atoms with E-state index in [4.69, 9.17) is 10.6 Å². The number of hydrogen-bond donors (Lipinski definition) is 2.